The van der Waals surface area contributed by atoms with Gasteiger partial charge in [-0.15, -0.1) is 10.2 Å². The summed E-state index contributed by atoms with van der Waals surface area (Å²) < 4.78 is 4.90. The number of hydrogen-bond donors (Lipinski definition) is 2. The van der Waals surface area contributed by atoms with E-state index in [0.29, 0.717) is 11.4 Å². The molecule has 0 radical (unpaired) electrons. The first kappa shape index (κ1) is 14.4. The van der Waals surface area contributed by atoms with E-state index in [1.165, 1.54) is 25.3 Å². The zero-order valence-corrected chi connectivity index (χ0v) is 11.7. The smallest absolute Gasteiger partial charge is 0.258 e. The number of aromatic hydroxyl groups is 1. The largest absolute Gasteiger partial charge is 0.504 e. The third kappa shape index (κ3) is 3.09. The molecule has 0 aliphatic rings. The number of aromatic nitrogens is 2. The van der Waals surface area contributed by atoms with Crippen molar-refractivity contribution in [1.29, 1.82) is 0 Å². The van der Waals surface area contributed by atoms with Crippen molar-refractivity contribution in [2.75, 3.05) is 12.4 Å². The van der Waals surface area contributed by atoms with E-state index in [0.717, 1.165) is 0 Å². The fourth-order valence-corrected chi connectivity index (χ4v) is 1.80. The number of anilines is 1. The lowest BCUT2D eigenvalue weighted by Gasteiger charge is -2.08. The van der Waals surface area contributed by atoms with E-state index in [9.17, 15) is 9.90 Å². The minimum absolute atomic E-state index is 0.0529. The van der Waals surface area contributed by atoms with E-state index < -0.39 is 5.91 Å². The Morgan fingerprint density at radius 2 is 2.05 bits per heavy atom. The van der Waals surface area contributed by atoms with Gasteiger partial charge in [0.25, 0.3) is 5.91 Å². The first-order chi connectivity index (χ1) is 9.51. The van der Waals surface area contributed by atoms with Gasteiger partial charge in [-0.05, 0) is 18.2 Å². The van der Waals surface area contributed by atoms with Crippen molar-refractivity contribution in [2.45, 2.75) is 0 Å². The second kappa shape index (κ2) is 5.94. The van der Waals surface area contributed by atoms with Crippen molar-refractivity contribution in [3.63, 3.8) is 0 Å². The van der Waals surface area contributed by atoms with Crippen LogP contribution in [0.3, 0.4) is 0 Å². The van der Waals surface area contributed by atoms with E-state index in [4.69, 9.17) is 27.9 Å². The minimum Gasteiger partial charge on any atom is -0.504 e. The molecule has 8 heteroatoms. The van der Waals surface area contributed by atoms with Crippen LogP contribution in [-0.2, 0) is 0 Å². The number of carbonyl (C=O) groups excluding carboxylic acids is 1. The zero-order chi connectivity index (χ0) is 14.7. The molecule has 0 aliphatic carbocycles. The van der Waals surface area contributed by atoms with Crippen LogP contribution in [0.1, 0.15) is 10.4 Å². The number of hydrogen-bond acceptors (Lipinski definition) is 5. The summed E-state index contributed by atoms with van der Waals surface area (Å²) in [5.74, 6) is -0.312. The van der Waals surface area contributed by atoms with Crippen LogP contribution in [0.5, 0.6) is 11.5 Å². The highest BCUT2D eigenvalue weighted by Crippen LogP contribution is 2.29. The third-order valence-electron chi connectivity index (χ3n) is 2.40. The van der Waals surface area contributed by atoms with Gasteiger partial charge in [0.1, 0.15) is 0 Å². The van der Waals surface area contributed by atoms with Gasteiger partial charge in [0.2, 0.25) is 0 Å². The number of nitrogens with one attached hydrogen (secondary N) is 1. The monoisotopic (exact) mass is 313 g/mol. The summed E-state index contributed by atoms with van der Waals surface area (Å²) in [6.45, 7) is 0. The SMILES string of the molecule is COc1ccc(NC(=O)c2cc(Cl)nnc2Cl)cc1O. The lowest BCUT2D eigenvalue weighted by atomic mass is 10.2. The summed E-state index contributed by atoms with van der Waals surface area (Å²) in [4.78, 5) is 12.0. The molecule has 6 nitrogen and oxygen atoms in total. The second-order valence-corrected chi connectivity index (χ2v) is 4.46. The van der Waals surface area contributed by atoms with Crippen LogP contribution in [0.2, 0.25) is 10.3 Å². The van der Waals surface area contributed by atoms with Crippen molar-refractivity contribution in [3.05, 3.63) is 40.1 Å². The van der Waals surface area contributed by atoms with Gasteiger partial charge >= 0.3 is 0 Å². The highest BCUT2D eigenvalue weighted by molar-refractivity contribution is 6.34. The number of phenols is 1. The summed E-state index contributed by atoms with van der Waals surface area (Å²) in [5, 5.41) is 19.2. The molecule has 20 heavy (non-hydrogen) atoms. The average molecular weight is 314 g/mol. The Morgan fingerprint density at radius 3 is 2.70 bits per heavy atom. The maximum absolute atomic E-state index is 12.0. The average Bonchev–Trinajstić information content (AvgIpc) is 2.41. The molecule has 0 saturated heterocycles. The number of ether oxygens (including phenoxy) is 1. The fourth-order valence-electron chi connectivity index (χ4n) is 1.48. The molecule has 1 aromatic carbocycles. The molecular formula is C12H9Cl2N3O3. The zero-order valence-electron chi connectivity index (χ0n) is 10.2. The molecule has 0 atom stereocenters. The summed E-state index contributed by atoms with van der Waals surface area (Å²) in [5.41, 5.74) is 0.458. The summed E-state index contributed by atoms with van der Waals surface area (Å²) in [7, 11) is 1.43. The predicted molar refractivity (Wildman–Crippen MR) is 74.7 cm³/mol. The highest BCUT2D eigenvalue weighted by atomic mass is 35.5. The molecule has 2 N–H and O–H groups in total. The predicted octanol–water partition coefficient (Wildman–Crippen LogP) is 2.75. The van der Waals surface area contributed by atoms with E-state index >= 15 is 0 Å². The third-order valence-corrected chi connectivity index (χ3v) is 2.86. The Bertz CT molecular complexity index is 664. The number of halogens is 2. The van der Waals surface area contributed by atoms with Crippen LogP contribution in [0, 0.1) is 0 Å². The van der Waals surface area contributed by atoms with Gasteiger partial charge in [-0.1, -0.05) is 23.2 Å². The van der Waals surface area contributed by atoms with E-state index in [2.05, 4.69) is 15.5 Å². The molecule has 0 fully saturated rings. The molecule has 0 aliphatic heterocycles. The molecule has 0 saturated carbocycles. The van der Waals surface area contributed by atoms with Crippen molar-refractivity contribution < 1.29 is 14.6 Å². The Labute approximate surface area is 124 Å². The maximum atomic E-state index is 12.0. The van der Waals surface area contributed by atoms with Crippen LogP contribution in [-0.4, -0.2) is 28.3 Å². The van der Waals surface area contributed by atoms with Crippen molar-refractivity contribution in [2.24, 2.45) is 0 Å². The number of benzene rings is 1. The lowest BCUT2D eigenvalue weighted by molar-refractivity contribution is 0.102. The van der Waals surface area contributed by atoms with Gasteiger partial charge in [-0.25, -0.2) is 0 Å². The fraction of sp³-hybridized carbons (Fsp3) is 0.0833. The molecule has 0 spiro atoms. The summed E-state index contributed by atoms with van der Waals surface area (Å²) in [6, 6.07) is 5.74. The number of methoxy groups -OCH3 is 1. The molecule has 2 aromatic rings. The topological polar surface area (TPSA) is 84.3 Å². The van der Waals surface area contributed by atoms with Crippen molar-refractivity contribution in [3.8, 4) is 11.5 Å². The molecule has 1 amide bonds. The van der Waals surface area contributed by atoms with Gasteiger partial charge in [-0.2, -0.15) is 0 Å². The number of amides is 1. The van der Waals surface area contributed by atoms with E-state index in [1.807, 2.05) is 0 Å². The van der Waals surface area contributed by atoms with Crippen molar-refractivity contribution >= 4 is 34.8 Å². The molecular weight excluding hydrogens is 305 g/mol. The molecule has 104 valence electrons. The van der Waals surface area contributed by atoms with Gasteiger partial charge in [0.05, 0.1) is 12.7 Å². The Kier molecular flexibility index (Phi) is 4.26. The summed E-state index contributed by atoms with van der Waals surface area (Å²) >= 11 is 11.4. The summed E-state index contributed by atoms with van der Waals surface area (Å²) in [6.07, 6.45) is 0. The molecule has 1 aromatic heterocycles. The van der Waals surface area contributed by atoms with Crippen LogP contribution in [0.4, 0.5) is 5.69 Å². The first-order valence-corrected chi connectivity index (χ1v) is 6.14. The molecule has 2 rings (SSSR count). The number of carbonyl (C=O) groups is 1. The Hall–Kier alpha value is -2.05. The van der Waals surface area contributed by atoms with E-state index in [-0.39, 0.29) is 21.6 Å². The van der Waals surface area contributed by atoms with Crippen LogP contribution in [0.15, 0.2) is 24.3 Å². The molecule has 0 bridgehead atoms. The van der Waals surface area contributed by atoms with Crippen LogP contribution >= 0.6 is 23.2 Å². The second-order valence-electron chi connectivity index (χ2n) is 3.71. The van der Waals surface area contributed by atoms with E-state index in [1.54, 1.807) is 6.07 Å². The quantitative estimate of drug-likeness (QED) is 0.910. The number of nitrogens with zero attached hydrogens (tertiary/aromatic N) is 2. The molecule has 1 heterocycles. The highest BCUT2D eigenvalue weighted by Gasteiger charge is 2.14. The van der Waals surface area contributed by atoms with Gasteiger partial charge in [0.15, 0.2) is 21.8 Å². The van der Waals surface area contributed by atoms with Crippen LogP contribution in [0.25, 0.3) is 0 Å². The van der Waals surface area contributed by atoms with Crippen molar-refractivity contribution in [1.82, 2.24) is 10.2 Å². The number of phenolic OH excluding ortho intramolecular Hbond substituents is 1. The van der Waals surface area contributed by atoms with Gasteiger partial charge < -0.3 is 15.2 Å². The maximum Gasteiger partial charge on any atom is 0.258 e. The Balaban J connectivity index is 2.23. The van der Waals surface area contributed by atoms with Gasteiger partial charge in [0, 0.05) is 11.8 Å². The lowest BCUT2D eigenvalue weighted by Crippen LogP contribution is -2.13. The normalized spacial score (nSPS) is 10.2. The standard InChI is InChI=1S/C12H9Cl2N3O3/c1-20-9-3-2-6(4-8(9)18)15-12(19)7-5-10(13)16-17-11(7)14/h2-5,18H,1H3,(H,15,19). The first-order valence-electron chi connectivity index (χ1n) is 5.38. The molecule has 0 unspecified atom stereocenters. The minimum atomic E-state index is -0.517. The number of rotatable bonds is 3. The van der Waals surface area contributed by atoms with Gasteiger partial charge in [-0.3, -0.25) is 4.79 Å². The Morgan fingerprint density at radius 1 is 1.30 bits per heavy atom. The van der Waals surface area contributed by atoms with Crippen LogP contribution < -0.4 is 10.1 Å².